The molecule has 3 rings (SSSR count). The van der Waals surface area contributed by atoms with E-state index in [2.05, 4.69) is 5.32 Å². The lowest BCUT2D eigenvalue weighted by atomic mass is 10.1. The maximum atomic E-state index is 12.7. The van der Waals surface area contributed by atoms with E-state index in [1.807, 2.05) is 18.2 Å². The number of carboxylic acids is 1. The molecule has 0 saturated carbocycles. The zero-order valence-corrected chi connectivity index (χ0v) is 14.6. The smallest absolute Gasteiger partial charge is 0.316 e. The Morgan fingerprint density at radius 1 is 1.24 bits per heavy atom. The van der Waals surface area contributed by atoms with Crippen LogP contribution in [0.1, 0.15) is 29.3 Å². The molecule has 6 heteroatoms. The SMILES string of the molecule is CC(Sc1ccccc1C(=O)Nc1ccc2c(c1)CCCO2)C(=O)O. The number of amides is 1. The Morgan fingerprint density at radius 2 is 2.04 bits per heavy atom. The number of rotatable bonds is 5. The van der Waals surface area contributed by atoms with E-state index in [4.69, 9.17) is 9.84 Å². The summed E-state index contributed by atoms with van der Waals surface area (Å²) >= 11 is 1.16. The van der Waals surface area contributed by atoms with Gasteiger partial charge in [-0.1, -0.05) is 12.1 Å². The van der Waals surface area contributed by atoms with Crippen LogP contribution in [0.15, 0.2) is 47.4 Å². The van der Waals surface area contributed by atoms with Crippen molar-refractivity contribution < 1.29 is 19.4 Å². The third-order valence-corrected chi connectivity index (χ3v) is 5.11. The number of ether oxygens (including phenoxy) is 1. The largest absolute Gasteiger partial charge is 0.493 e. The minimum Gasteiger partial charge on any atom is -0.493 e. The maximum Gasteiger partial charge on any atom is 0.316 e. The highest BCUT2D eigenvalue weighted by molar-refractivity contribution is 8.00. The molecule has 1 amide bonds. The van der Waals surface area contributed by atoms with Crippen molar-refractivity contribution in [2.75, 3.05) is 11.9 Å². The van der Waals surface area contributed by atoms with Crippen molar-refractivity contribution in [1.82, 2.24) is 0 Å². The average Bonchev–Trinajstić information content (AvgIpc) is 2.62. The molecular formula is C19H19NO4S. The molecular weight excluding hydrogens is 338 g/mol. The van der Waals surface area contributed by atoms with Gasteiger partial charge in [0, 0.05) is 10.6 Å². The van der Waals surface area contributed by atoms with Gasteiger partial charge >= 0.3 is 5.97 Å². The topological polar surface area (TPSA) is 75.6 Å². The molecule has 0 spiro atoms. The normalized spacial score (nSPS) is 14.1. The van der Waals surface area contributed by atoms with Crippen LogP contribution in [-0.4, -0.2) is 28.8 Å². The van der Waals surface area contributed by atoms with Crippen LogP contribution in [0.5, 0.6) is 5.75 Å². The molecule has 1 aliphatic rings. The number of aryl methyl sites for hydroxylation is 1. The Labute approximate surface area is 150 Å². The Balaban J connectivity index is 1.78. The summed E-state index contributed by atoms with van der Waals surface area (Å²) in [6, 6.07) is 12.7. The van der Waals surface area contributed by atoms with Gasteiger partial charge in [0.1, 0.15) is 11.0 Å². The standard InChI is InChI=1S/C19H19NO4S/c1-12(19(22)23)25-17-7-3-2-6-15(17)18(21)20-14-8-9-16-13(11-14)5-4-10-24-16/h2-3,6-9,11-12H,4-5,10H2,1H3,(H,20,21)(H,22,23). The van der Waals surface area contributed by atoms with Gasteiger partial charge in [0.05, 0.1) is 12.2 Å². The van der Waals surface area contributed by atoms with Crippen LogP contribution in [0.2, 0.25) is 0 Å². The maximum absolute atomic E-state index is 12.7. The molecule has 2 aromatic carbocycles. The van der Waals surface area contributed by atoms with Gasteiger partial charge < -0.3 is 15.2 Å². The van der Waals surface area contributed by atoms with Gasteiger partial charge in [0.2, 0.25) is 0 Å². The number of hydrogen-bond donors (Lipinski definition) is 2. The summed E-state index contributed by atoms with van der Waals surface area (Å²) in [7, 11) is 0. The first-order chi connectivity index (χ1) is 12.0. The summed E-state index contributed by atoms with van der Waals surface area (Å²) in [5.41, 5.74) is 2.26. The molecule has 130 valence electrons. The quantitative estimate of drug-likeness (QED) is 0.796. The van der Waals surface area contributed by atoms with Gasteiger partial charge in [-0.3, -0.25) is 9.59 Å². The van der Waals surface area contributed by atoms with Crippen molar-refractivity contribution in [2.24, 2.45) is 0 Å². The highest BCUT2D eigenvalue weighted by Gasteiger charge is 2.18. The number of nitrogens with one attached hydrogen (secondary N) is 1. The lowest BCUT2D eigenvalue weighted by Crippen LogP contribution is -2.16. The van der Waals surface area contributed by atoms with Crippen LogP contribution in [-0.2, 0) is 11.2 Å². The van der Waals surface area contributed by atoms with Crippen LogP contribution in [0.25, 0.3) is 0 Å². The van der Waals surface area contributed by atoms with E-state index in [1.54, 1.807) is 31.2 Å². The van der Waals surface area contributed by atoms with Gasteiger partial charge in [-0.25, -0.2) is 0 Å². The summed E-state index contributed by atoms with van der Waals surface area (Å²) < 4.78 is 5.58. The van der Waals surface area contributed by atoms with Gasteiger partial charge in [0.15, 0.2) is 0 Å². The number of aliphatic carboxylic acids is 1. The number of benzene rings is 2. The molecule has 25 heavy (non-hydrogen) atoms. The number of carbonyl (C=O) groups is 2. The van der Waals surface area contributed by atoms with E-state index in [-0.39, 0.29) is 5.91 Å². The Kier molecular flexibility index (Phi) is 5.28. The molecule has 0 saturated heterocycles. The van der Waals surface area contributed by atoms with Crippen molar-refractivity contribution in [3.05, 3.63) is 53.6 Å². The molecule has 2 aromatic rings. The monoisotopic (exact) mass is 357 g/mol. The number of anilines is 1. The molecule has 0 radical (unpaired) electrons. The Hall–Kier alpha value is -2.47. The fourth-order valence-electron chi connectivity index (χ4n) is 2.63. The molecule has 1 atom stereocenters. The number of carbonyl (C=O) groups excluding carboxylic acids is 1. The lowest BCUT2D eigenvalue weighted by molar-refractivity contribution is -0.136. The van der Waals surface area contributed by atoms with E-state index in [1.165, 1.54) is 0 Å². The zero-order chi connectivity index (χ0) is 17.8. The van der Waals surface area contributed by atoms with Crippen LogP contribution >= 0.6 is 11.8 Å². The van der Waals surface area contributed by atoms with Crippen molar-refractivity contribution in [3.63, 3.8) is 0 Å². The number of carboxylic acid groups (broad SMARTS) is 1. The summed E-state index contributed by atoms with van der Waals surface area (Å²) in [4.78, 5) is 24.4. The highest BCUT2D eigenvalue weighted by atomic mass is 32.2. The van der Waals surface area contributed by atoms with E-state index in [0.717, 1.165) is 42.5 Å². The molecule has 0 aliphatic carbocycles. The van der Waals surface area contributed by atoms with Gasteiger partial charge in [-0.15, -0.1) is 11.8 Å². The van der Waals surface area contributed by atoms with Crippen molar-refractivity contribution >= 4 is 29.3 Å². The zero-order valence-electron chi connectivity index (χ0n) is 13.8. The molecule has 1 heterocycles. The first-order valence-corrected chi connectivity index (χ1v) is 8.98. The van der Waals surface area contributed by atoms with E-state index >= 15 is 0 Å². The Bertz CT molecular complexity index is 806. The first kappa shape index (κ1) is 17.4. The number of fused-ring (bicyclic) bond motifs is 1. The van der Waals surface area contributed by atoms with Gasteiger partial charge in [0.25, 0.3) is 5.91 Å². The minimum atomic E-state index is -0.908. The van der Waals surface area contributed by atoms with E-state index < -0.39 is 11.2 Å². The lowest BCUT2D eigenvalue weighted by Gasteiger charge is -2.18. The van der Waals surface area contributed by atoms with Gasteiger partial charge in [-0.05, 0) is 55.7 Å². The van der Waals surface area contributed by atoms with Crippen LogP contribution < -0.4 is 10.1 Å². The highest BCUT2D eigenvalue weighted by Crippen LogP contribution is 2.30. The summed E-state index contributed by atoms with van der Waals surface area (Å²) in [5.74, 6) is -0.289. The minimum absolute atomic E-state index is 0.252. The molecule has 0 aromatic heterocycles. The van der Waals surface area contributed by atoms with Crippen molar-refractivity contribution in [2.45, 2.75) is 29.9 Å². The predicted octanol–water partition coefficient (Wildman–Crippen LogP) is 3.83. The molecule has 0 bridgehead atoms. The third-order valence-electron chi connectivity index (χ3n) is 3.95. The van der Waals surface area contributed by atoms with Crippen molar-refractivity contribution in [3.8, 4) is 5.75 Å². The van der Waals surface area contributed by atoms with Crippen LogP contribution in [0.4, 0.5) is 5.69 Å². The second-order valence-corrected chi connectivity index (χ2v) is 7.21. The van der Waals surface area contributed by atoms with Crippen LogP contribution in [0, 0.1) is 0 Å². The first-order valence-electron chi connectivity index (χ1n) is 8.10. The fourth-order valence-corrected chi connectivity index (χ4v) is 3.56. The summed E-state index contributed by atoms with van der Waals surface area (Å²) in [6.45, 7) is 2.33. The van der Waals surface area contributed by atoms with Crippen LogP contribution in [0.3, 0.4) is 0 Å². The molecule has 2 N–H and O–H groups in total. The van der Waals surface area contributed by atoms with E-state index in [9.17, 15) is 9.59 Å². The Morgan fingerprint density at radius 3 is 2.84 bits per heavy atom. The predicted molar refractivity (Wildman–Crippen MR) is 97.6 cm³/mol. The molecule has 5 nitrogen and oxygen atoms in total. The molecule has 0 fully saturated rings. The summed E-state index contributed by atoms with van der Waals surface area (Å²) in [5, 5.41) is 11.4. The summed E-state index contributed by atoms with van der Waals surface area (Å²) in [6.07, 6.45) is 1.90. The average molecular weight is 357 g/mol. The van der Waals surface area contributed by atoms with E-state index in [0.29, 0.717) is 16.1 Å². The number of hydrogen-bond acceptors (Lipinski definition) is 4. The second-order valence-electron chi connectivity index (χ2n) is 5.82. The second kappa shape index (κ2) is 7.61. The molecule has 1 unspecified atom stereocenters. The fraction of sp³-hybridized carbons (Fsp3) is 0.263. The van der Waals surface area contributed by atoms with Gasteiger partial charge in [-0.2, -0.15) is 0 Å². The number of thioether (sulfide) groups is 1. The molecule has 1 aliphatic heterocycles. The third kappa shape index (κ3) is 4.14. The van der Waals surface area contributed by atoms with Crippen molar-refractivity contribution in [1.29, 1.82) is 0 Å².